The molecule has 4 aromatic rings. The molecule has 42 heavy (non-hydrogen) atoms. The Labute approximate surface area is 252 Å². The van der Waals surface area contributed by atoms with E-state index < -0.39 is 28.5 Å². The van der Waals surface area contributed by atoms with E-state index >= 15 is 0 Å². The quantitative estimate of drug-likeness (QED) is 0.228. The third kappa shape index (κ3) is 7.57. The van der Waals surface area contributed by atoms with Crippen molar-refractivity contribution >= 4 is 39.1 Å². The van der Waals surface area contributed by atoms with Crippen molar-refractivity contribution < 1.29 is 18.0 Å². The smallest absolute Gasteiger partial charge is 0.264 e. The Kier molecular flexibility index (Phi) is 10.4. The highest BCUT2D eigenvalue weighted by molar-refractivity contribution is 7.92. The minimum atomic E-state index is -4.21. The maximum absolute atomic E-state index is 14.3. The molecule has 0 aliphatic carbocycles. The fraction of sp³-hybridized carbons (Fsp3) is 0.212. The van der Waals surface area contributed by atoms with E-state index in [1.165, 1.54) is 17.0 Å². The summed E-state index contributed by atoms with van der Waals surface area (Å²) in [5, 5.41) is 3.04. The third-order valence-electron chi connectivity index (χ3n) is 6.83. The molecule has 0 saturated heterocycles. The number of para-hydroxylation sites is 1. The van der Waals surface area contributed by atoms with Crippen LogP contribution in [0.2, 0.25) is 5.02 Å². The van der Waals surface area contributed by atoms with Crippen LogP contribution in [0.4, 0.5) is 5.69 Å². The summed E-state index contributed by atoms with van der Waals surface area (Å²) in [5.74, 6) is -0.863. The Hall–Kier alpha value is -4.14. The molecule has 4 aromatic carbocycles. The van der Waals surface area contributed by atoms with E-state index in [2.05, 4.69) is 5.32 Å². The molecule has 0 saturated carbocycles. The summed E-state index contributed by atoms with van der Waals surface area (Å²) >= 11 is 6.50. The highest BCUT2D eigenvalue weighted by atomic mass is 35.5. The lowest BCUT2D eigenvalue weighted by atomic mass is 10.0. The van der Waals surface area contributed by atoms with E-state index in [4.69, 9.17) is 11.6 Å². The van der Waals surface area contributed by atoms with E-state index in [9.17, 15) is 18.0 Å². The summed E-state index contributed by atoms with van der Waals surface area (Å²) in [5.41, 5.74) is 2.74. The summed E-state index contributed by atoms with van der Waals surface area (Å²) in [7, 11) is -4.21. The molecular formula is C33H34ClN3O4S. The van der Waals surface area contributed by atoms with Gasteiger partial charge in [-0.2, -0.15) is 0 Å². The number of hydrogen-bond donors (Lipinski definition) is 1. The Balaban J connectivity index is 1.79. The maximum Gasteiger partial charge on any atom is 0.264 e. The Morgan fingerprint density at radius 2 is 1.38 bits per heavy atom. The summed E-state index contributed by atoms with van der Waals surface area (Å²) < 4.78 is 29.1. The molecule has 9 heteroatoms. The first kappa shape index (κ1) is 30.8. The van der Waals surface area contributed by atoms with Gasteiger partial charge in [0.15, 0.2) is 0 Å². The molecule has 0 aliphatic heterocycles. The average Bonchev–Trinajstić information content (AvgIpc) is 2.99. The minimum Gasteiger partial charge on any atom is -0.355 e. The number of halogens is 1. The number of aryl methyl sites for hydroxylation is 1. The number of anilines is 1. The van der Waals surface area contributed by atoms with Gasteiger partial charge < -0.3 is 10.2 Å². The Morgan fingerprint density at radius 1 is 0.810 bits per heavy atom. The standard InChI is InChI=1S/C33H34ClN3O4S/c1-3-35-33(39)31(22-26-12-6-4-7-13-26)36(23-27-14-8-5-9-15-27)32(38)24-37(30-17-11-10-16-29(30)34)42(40,41)28-20-18-25(2)19-21-28/h4-21,31H,3,22-24H2,1-2H3,(H,35,39)/t31-/m0/s1. The minimum absolute atomic E-state index is 0.0278. The first-order valence-electron chi connectivity index (χ1n) is 13.7. The van der Waals surface area contributed by atoms with Gasteiger partial charge in [-0.3, -0.25) is 13.9 Å². The van der Waals surface area contributed by atoms with Gasteiger partial charge in [0.1, 0.15) is 12.6 Å². The predicted octanol–water partition coefficient (Wildman–Crippen LogP) is 5.62. The lowest BCUT2D eigenvalue weighted by Gasteiger charge is -2.34. The summed E-state index contributed by atoms with van der Waals surface area (Å²) in [4.78, 5) is 29.3. The summed E-state index contributed by atoms with van der Waals surface area (Å²) in [6.45, 7) is 3.60. The first-order chi connectivity index (χ1) is 20.2. The normalized spacial score (nSPS) is 11.9. The molecule has 0 unspecified atom stereocenters. The molecule has 0 bridgehead atoms. The fourth-order valence-electron chi connectivity index (χ4n) is 4.63. The zero-order valence-electron chi connectivity index (χ0n) is 23.6. The topological polar surface area (TPSA) is 86.8 Å². The molecule has 0 heterocycles. The molecule has 1 N–H and O–H groups in total. The van der Waals surface area contributed by atoms with Crippen LogP contribution in [0, 0.1) is 6.92 Å². The van der Waals surface area contributed by atoms with E-state index in [-0.39, 0.29) is 34.5 Å². The lowest BCUT2D eigenvalue weighted by Crippen LogP contribution is -2.53. The van der Waals surface area contributed by atoms with Gasteiger partial charge in [0.05, 0.1) is 15.6 Å². The van der Waals surface area contributed by atoms with Crippen molar-refractivity contribution in [3.05, 3.63) is 131 Å². The molecule has 4 rings (SSSR count). The highest BCUT2D eigenvalue weighted by Gasteiger charge is 2.35. The number of hydrogen-bond acceptors (Lipinski definition) is 4. The van der Waals surface area contributed by atoms with Crippen LogP contribution in [0.1, 0.15) is 23.6 Å². The number of rotatable bonds is 12. The molecule has 2 amide bonds. The van der Waals surface area contributed by atoms with Gasteiger partial charge in [0.2, 0.25) is 11.8 Å². The molecule has 0 fully saturated rings. The molecule has 0 radical (unpaired) electrons. The molecule has 0 spiro atoms. The Bertz CT molecular complexity index is 1600. The van der Waals surface area contributed by atoms with Crippen LogP contribution in [0.25, 0.3) is 0 Å². The van der Waals surface area contributed by atoms with Gasteiger partial charge in [0.25, 0.3) is 10.0 Å². The van der Waals surface area contributed by atoms with Crippen LogP contribution >= 0.6 is 11.6 Å². The molecule has 0 aromatic heterocycles. The van der Waals surface area contributed by atoms with Crippen LogP contribution < -0.4 is 9.62 Å². The lowest BCUT2D eigenvalue weighted by molar-refractivity contribution is -0.140. The third-order valence-corrected chi connectivity index (χ3v) is 8.92. The molecular weight excluding hydrogens is 570 g/mol. The SMILES string of the molecule is CCNC(=O)[C@H](Cc1ccccc1)N(Cc1ccccc1)C(=O)CN(c1ccccc1Cl)S(=O)(=O)c1ccc(C)cc1. The number of benzene rings is 4. The van der Waals surface area contributed by atoms with Crippen molar-refractivity contribution in [2.45, 2.75) is 37.8 Å². The second-order valence-electron chi connectivity index (χ2n) is 9.88. The van der Waals surface area contributed by atoms with Crippen molar-refractivity contribution in [2.24, 2.45) is 0 Å². The molecule has 218 valence electrons. The van der Waals surface area contributed by atoms with Crippen LogP contribution in [0.3, 0.4) is 0 Å². The Morgan fingerprint density at radius 3 is 1.98 bits per heavy atom. The molecule has 0 aliphatic rings. The number of carbonyl (C=O) groups is 2. The van der Waals surface area contributed by atoms with Gasteiger partial charge in [0, 0.05) is 19.5 Å². The van der Waals surface area contributed by atoms with Crippen LogP contribution in [0.15, 0.2) is 114 Å². The monoisotopic (exact) mass is 603 g/mol. The van der Waals surface area contributed by atoms with Gasteiger partial charge in [-0.1, -0.05) is 102 Å². The zero-order valence-corrected chi connectivity index (χ0v) is 25.2. The highest BCUT2D eigenvalue weighted by Crippen LogP contribution is 2.31. The van der Waals surface area contributed by atoms with Crippen molar-refractivity contribution in [3.8, 4) is 0 Å². The number of carbonyl (C=O) groups excluding carboxylic acids is 2. The van der Waals surface area contributed by atoms with Crippen LogP contribution in [-0.2, 0) is 32.6 Å². The fourth-order valence-corrected chi connectivity index (χ4v) is 6.35. The maximum atomic E-state index is 14.3. The van der Waals surface area contributed by atoms with Crippen LogP contribution in [-0.4, -0.2) is 44.3 Å². The average molecular weight is 604 g/mol. The largest absolute Gasteiger partial charge is 0.355 e. The van der Waals surface area contributed by atoms with Crippen molar-refractivity contribution in [2.75, 3.05) is 17.4 Å². The molecule has 1 atom stereocenters. The number of sulfonamides is 1. The summed E-state index contributed by atoms with van der Waals surface area (Å²) in [6.07, 6.45) is 0.252. The zero-order chi connectivity index (χ0) is 30.1. The van der Waals surface area contributed by atoms with Gasteiger partial charge >= 0.3 is 0 Å². The van der Waals surface area contributed by atoms with Gasteiger partial charge in [-0.25, -0.2) is 8.42 Å². The number of amides is 2. The van der Waals surface area contributed by atoms with E-state index in [0.29, 0.717) is 6.54 Å². The number of likely N-dealkylation sites (N-methyl/N-ethyl adjacent to an activating group) is 1. The first-order valence-corrected chi connectivity index (χ1v) is 15.5. The van der Waals surface area contributed by atoms with Crippen molar-refractivity contribution in [3.63, 3.8) is 0 Å². The molecule has 7 nitrogen and oxygen atoms in total. The van der Waals surface area contributed by atoms with Crippen molar-refractivity contribution in [1.82, 2.24) is 10.2 Å². The van der Waals surface area contributed by atoms with Gasteiger partial charge in [-0.05, 0) is 49.2 Å². The second-order valence-corrected chi connectivity index (χ2v) is 12.2. The van der Waals surface area contributed by atoms with Crippen molar-refractivity contribution in [1.29, 1.82) is 0 Å². The van der Waals surface area contributed by atoms with E-state index in [1.54, 1.807) is 36.4 Å². The number of nitrogens with one attached hydrogen (secondary N) is 1. The van der Waals surface area contributed by atoms with Gasteiger partial charge in [-0.15, -0.1) is 0 Å². The predicted molar refractivity (Wildman–Crippen MR) is 167 cm³/mol. The van der Waals surface area contributed by atoms with Crippen LogP contribution in [0.5, 0.6) is 0 Å². The van der Waals surface area contributed by atoms with E-state index in [0.717, 1.165) is 21.0 Å². The second kappa shape index (κ2) is 14.2. The van der Waals surface area contributed by atoms with E-state index in [1.807, 2.05) is 74.5 Å². The number of nitrogens with zero attached hydrogens (tertiary/aromatic N) is 2. The summed E-state index contributed by atoms with van der Waals surface area (Å²) in [6, 6.07) is 30.8.